The highest BCUT2D eigenvalue weighted by molar-refractivity contribution is 7.92. The van der Waals surface area contributed by atoms with Crippen molar-refractivity contribution < 1.29 is 38.3 Å². The molecule has 158 valence electrons. The van der Waals surface area contributed by atoms with Gasteiger partial charge in [-0.25, -0.2) is 8.42 Å². The van der Waals surface area contributed by atoms with Gasteiger partial charge in [0, 0.05) is 5.69 Å². The molecule has 1 heterocycles. The predicted molar refractivity (Wildman–Crippen MR) is 105 cm³/mol. The number of hydrogen-bond acceptors (Lipinski definition) is 8. The van der Waals surface area contributed by atoms with Crippen LogP contribution in [0.1, 0.15) is 0 Å². The number of anilines is 1. The Morgan fingerprint density at radius 2 is 1.69 bits per heavy atom. The van der Waals surface area contributed by atoms with Crippen LogP contribution in [-0.4, -0.2) is 72.4 Å². The molecule has 1 aliphatic heterocycles. The van der Waals surface area contributed by atoms with E-state index in [1.165, 1.54) is 0 Å². The van der Waals surface area contributed by atoms with Gasteiger partial charge in [0.2, 0.25) is 16.3 Å². The van der Waals surface area contributed by atoms with Crippen molar-refractivity contribution in [2.75, 3.05) is 17.6 Å². The molecule has 0 bridgehead atoms. The minimum atomic E-state index is -3.38. The second-order valence-corrected chi connectivity index (χ2v) is 8.54. The number of aliphatic hydroxyl groups is 4. The van der Waals surface area contributed by atoms with Crippen LogP contribution in [0.4, 0.5) is 5.69 Å². The Kier molecular flexibility index (Phi) is 6.42. The highest BCUT2D eigenvalue weighted by Crippen LogP contribution is 2.28. The average molecular weight is 425 g/mol. The van der Waals surface area contributed by atoms with E-state index in [9.17, 15) is 28.8 Å². The maximum absolute atomic E-state index is 11.4. The van der Waals surface area contributed by atoms with Crippen molar-refractivity contribution >= 4 is 15.7 Å². The lowest BCUT2D eigenvalue weighted by Crippen LogP contribution is -2.60. The van der Waals surface area contributed by atoms with Gasteiger partial charge in [-0.1, -0.05) is 24.3 Å². The number of aliphatic hydroxyl groups excluding tert-OH is 4. The van der Waals surface area contributed by atoms with Gasteiger partial charge in [0.15, 0.2) is 0 Å². The third-order valence-corrected chi connectivity index (χ3v) is 5.06. The van der Waals surface area contributed by atoms with E-state index in [-0.39, 0.29) is 0 Å². The zero-order valence-electron chi connectivity index (χ0n) is 15.5. The molecule has 2 aromatic carbocycles. The van der Waals surface area contributed by atoms with Crippen LogP contribution < -0.4 is 9.46 Å². The predicted octanol–water partition coefficient (Wildman–Crippen LogP) is -0.0962. The molecule has 0 saturated carbocycles. The summed E-state index contributed by atoms with van der Waals surface area (Å²) in [5.74, 6) is 0.337. The van der Waals surface area contributed by atoms with Crippen LogP contribution in [0.5, 0.6) is 5.75 Å². The molecule has 0 aliphatic carbocycles. The van der Waals surface area contributed by atoms with Crippen molar-refractivity contribution in [3.8, 4) is 16.9 Å². The summed E-state index contributed by atoms with van der Waals surface area (Å²) in [6, 6.07) is 13.6. The molecule has 9 nitrogen and oxygen atoms in total. The van der Waals surface area contributed by atoms with Gasteiger partial charge < -0.3 is 29.9 Å². The summed E-state index contributed by atoms with van der Waals surface area (Å²) in [5, 5.41) is 38.9. The van der Waals surface area contributed by atoms with E-state index in [0.29, 0.717) is 11.4 Å². The fourth-order valence-electron chi connectivity index (χ4n) is 3.00. The highest BCUT2D eigenvalue weighted by atomic mass is 32.2. The molecule has 5 N–H and O–H groups in total. The molecule has 1 fully saturated rings. The van der Waals surface area contributed by atoms with E-state index in [1.807, 2.05) is 6.07 Å². The van der Waals surface area contributed by atoms with Crippen molar-refractivity contribution in [3.05, 3.63) is 48.5 Å². The fraction of sp³-hybridized carbons (Fsp3) is 0.368. The SMILES string of the molecule is CS(=O)(=O)Nc1cccc(-c2ccc(OC3OC(CO)C(O)C(O)C3O)cc2)c1. The van der Waals surface area contributed by atoms with Crippen LogP contribution in [-0.2, 0) is 14.8 Å². The van der Waals surface area contributed by atoms with Gasteiger partial charge in [0.1, 0.15) is 30.2 Å². The maximum atomic E-state index is 11.4. The molecular weight excluding hydrogens is 402 g/mol. The van der Waals surface area contributed by atoms with E-state index in [0.717, 1.165) is 17.4 Å². The van der Waals surface area contributed by atoms with Crippen LogP contribution in [0.25, 0.3) is 11.1 Å². The topological polar surface area (TPSA) is 146 Å². The first-order valence-corrected chi connectivity index (χ1v) is 10.7. The molecule has 10 heteroatoms. The van der Waals surface area contributed by atoms with E-state index in [2.05, 4.69) is 4.72 Å². The number of ether oxygens (including phenoxy) is 2. The molecule has 1 saturated heterocycles. The molecular formula is C19H23NO8S. The Bertz CT molecular complexity index is 931. The first kappa shape index (κ1) is 21.5. The maximum Gasteiger partial charge on any atom is 0.229 e. The van der Waals surface area contributed by atoms with Crippen LogP contribution >= 0.6 is 0 Å². The van der Waals surface area contributed by atoms with Crippen LogP contribution in [0, 0.1) is 0 Å². The second-order valence-electron chi connectivity index (χ2n) is 6.79. The standard InChI is InChI=1S/C19H23NO8S/c1-29(25,26)20-13-4-2-3-12(9-13)11-5-7-14(8-6-11)27-19-18(24)17(23)16(22)15(10-21)28-19/h2-9,15-24H,10H2,1H3. The largest absolute Gasteiger partial charge is 0.462 e. The molecule has 5 unspecified atom stereocenters. The number of nitrogens with one attached hydrogen (secondary N) is 1. The average Bonchev–Trinajstić information content (AvgIpc) is 2.68. The summed E-state index contributed by atoms with van der Waals surface area (Å²) in [6.07, 6.45) is -5.71. The van der Waals surface area contributed by atoms with Crippen LogP contribution in [0.15, 0.2) is 48.5 Å². The minimum Gasteiger partial charge on any atom is -0.462 e. The lowest BCUT2D eigenvalue weighted by molar-refractivity contribution is -0.277. The summed E-state index contributed by atoms with van der Waals surface area (Å²) in [7, 11) is -3.38. The number of rotatable bonds is 6. The zero-order chi connectivity index (χ0) is 21.2. The van der Waals surface area contributed by atoms with Crippen molar-refractivity contribution in [1.29, 1.82) is 0 Å². The smallest absolute Gasteiger partial charge is 0.229 e. The van der Waals surface area contributed by atoms with Gasteiger partial charge >= 0.3 is 0 Å². The van der Waals surface area contributed by atoms with Crippen LogP contribution in [0.3, 0.4) is 0 Å². The summed E-state index contributed by atoms with van der Waals surface area (Å²) in [5.41, 5.74) is 2.01. The lowest BCUT2D eigenvalue weighted by atomic mass is 9.99. The van der Waals surface area contributed by atoms with Crippen molar-refractivity contribution in [2.24, 2.45) is 0 Å². The number of sulfonamides is 1. The third kappa shape index (κ3) is 5.24. The first-order chi connectivity index (χ1) is 13.7. The van der Waals surface area contributed by atoms with E-state index in [1.54, 1.807) is 42.5 Å². The quantitative estimate of drug-likeness (QED) is 0.432. The Hall–Kier alpha value is -2.21. The second kappa shape index (κ2) is 8.66. The summed E-state index contributed by atoms with van der Waals surface area (Å²) < 4.78 is 36.1. The Morgan fingerprint density at radius 1 is 1.00 bits per heavy atom. The Labute approximate surface area is 168 Å². The summed E-state index contributed by atoms with van der Waals surface area (Å²) >= 11 is 0. The van der Waals surface area contributed by atoms with Crippen molar-refractivity contribution in [1.82, 2.24) is 0 Å². The molecule has 0 amide bonds. The molecule has 2 aromatic rings. The lowest BCUT2D eigenvalue weighted by Gasteiger charge is -2.39. The van der Waals surface area contributed by atoms with Crippen molar-refractivity contribution in [3.63, 3.8) is 0 Å². The van der Waals surface area contributed by atoms with Crippen LogP contribution in [0.2, 0.25) is 0 Å². The van der Waals surface area contributed by atoms with Crippen molar-refractivity contribution in [2.45, 2.75) is 30.7 Å². The van der Waals surface area contributed by atoms with E-state index in [4.69, 9.17) is 9.47 Å². The molecule has 0 aromatic heterocycles. The Balaban J connectivity index is 1.73. The monoisotopic (exact) mass is 425 g/mol. The normalized spacial score (nSPS) is 27.4. The number of hydrogen-bond donors (Lipinski definition) is 5. The Morgan fingerprint density at radius 3 is 2.31 bits per heavy atom. The zero-order valence-corrected chi connectivity index (χ0v) is 16.4. The molecule has 5 atom stereocenters. The highest BCUT2D eigenvalue weighted by Gasteiger charge is 2.44. The molecule has 3 rings (SSSR count). The molecule has 0 spiro atoms. The van der Waals surface area contributed by atoms with Gasteiger partial charge in [0.25, 0.3) is 0 Å². The summed E-state index contributed by atoms with van der Waals surface area (Å²) in [4.78, 5) is 0. The van der Waals surface area contributed by atoms with Gasteiger partial charge in [-0.05, 0) is 35.4 Å². The van der Waals surface area contributed by atoms with Gasteiger partial charge in [-0.15, -0.1) is 0 Å². The van der Waals surface area contributed by atoms with E-state index < -0.39 is 47.3 Å². The molecule has 1 aliphatic rings. The van der Waals surface area contributed by atoms with Gasteiger partial charge in [0.05, 0.1) is 12.9 Å². The van der Waals surface area contributed by atoms with Gasteiger partial charge in [-0.2, -0.15) is 0 Å². The third-order valence-electron chi connectivity index (χ3n) is 4.45. The summed E-state index contributed by atoms with van der Waals surface area (Å²) in [6.45, 7) is -0.540. The molecule has 0 radical (unpaired) electrons. The number of benzene rings is 2. The fourth-order valence-corrected chi connectivity index (χ4v) is 3.56. The minimum absolute atomic E-state index is 0.337. The first-order valence-electron chi connectivity index (χ1n) is 8.83. The van der Waals surface area contributed by atoms with E-state index >= 15 is 0 Å². The molecule has 29 heavy (non-hydrogen) atoms. The van der Waals surface area contributed by atoms with Gasteiger partial charge in [-0.3, -0.25) is 4.72 Å².